The second kappa shape index (κ2) is 7.84. The Bertz CT molecular complexity index is 1210. The summed E-state index contributed by atoms with van der Waals surface area (Å²) in [4.78, 5) is 0. The largest absolute Gasteiger partial charge is 0.441 e. The molecule has 0 N–H and O–H groups in total. The van der Waals surface area contributed by atoms with E-state index in [0.29, 0.717) is 16.7 Å². The summed E-state index contributed by atoms with van der Waals surface area (Å²) in [6.45, 7) is 4.14. The van der Waals surface area contributed by atoms with E-state index in [1.54, 1.807) is 0 Å². The van der Waals surface area contributed by atoms with E-state index in [0.717, 1.165) is 33.7 Å². The van der Waals surface area contributed by atoms with Gasteiger partial charge in [-0.3, -0.25) is 0 Å². The van der Waals surface area contributed by atoms with Gasteiger partial charge in [0.15, 0.2) is 16.1 Å². The van der Waals surface area contributed by atoms with Crippen LogP contribution in [-0.4, -0.2) is 0 Å². The zero-order valence-electron chi connectivity index (χ0n) is 16.2. The molecule has 0 unspecified atom stereocenters. The van der Waals surface area contributed by atoms with E-state index < -0.39 is 0 Å². The molecule has 0 radical (unpaired) electrons. The van der Waals surface area contributed by atoms with Crippen LogP contribution < -0.4 is 0 Å². The van der Waals surface area contributed by atoms with E-state index in [1.807, 2.05) is 31.2 Å². The number of hydrogen-bond acceptors (Lipinski definition) is 2. The Morgan fingerprint density at radius 3 is 2.29 bits per heavy atom. The fraction of sp³-hybridized carbons (Fsp3) is 0.240. The van der Waals surface area contributed by atoms with E-state index in [1.165, 1.54) is 18.4 Å². The predicted molar refractivity (Wildman–Crippen MR) is 118 cm³/mol. The van der Waals surface area contributed by atoms with Crippen molar-refractivity contribution < 1.29 is 8.81 Å². The predicted octanol–water partition coefficient (Wildman–Crippen LogP) is 8.03. The Labute approximate surface area is 169 Å². The van der Waals surface area contributed by atoms with Crippen LogP contribution in [0.3, 0.4) is 0 Å². The Balaban J connectivity index is 1.82. The van der Waals surface area contributed by atoms with Crippen LogP contribution in [0.1, 0.15) is 37.8 Å². The minimum Gasteiger partial charge on any atom is -0.441 e. The monoisotopic (exact) mass is 390 g/mol. The zero-order chi connectivity index (χ0) is 19.7. The third kappa shape index (κ3) is 3.35. The maximum atomic E-state index is 14.7. The first-order valence-corrected chi connectivity index (χ1v) is 10.3. The van der Waals surface area contributed by atoms with Gasteiger partial charge in [-0.05, 0) is 65.2 Å². The number of aryl methyl sites for hydroxylation is 2. The van der Waals surface area contributed by atoms with E-state index in [-0.39, 0.29) is 11.4 Å². The summed E-state index contributed by atoms with van der Waals surface area (Å²) < 4.78 is 20.8. The van der Waals surface area contributed by atoms with Crippen molar-refractivity contribution >= 4 is 34.0 Å². The molecule has 3 aromatic carbocycles. The lowest BCUT2D eigenvalue weighted by atomic mass is 9.98. The number of benzene rings is 3. The van der Waals surface area contributed by atoms with Crippen LogP contribution in [0.15, 0.2) is 59.0 Å². The molecule has 1 heterocycles. The summed E-state index contributed by atoms with van der Waals surface area (Å²) in [5, 5.41) is 2.54. The molecule has 0 aliphatic heterocycles. The standard InChI is InChI=1S/C25H23FOS/c1-3-5-6-16-7-9-18(10-8-16)19-12-13-20-21-14-11-17(4-2)23(26)24(21)27-25(28)22(20)15-19/h7-15H,3-6H2,1-2H3. The van der Waals surface area contributed by atoms with Crippen LogP contribution in [0, 0.1) is 10.5 Å². The molecule has 0 aliphatic rings. The highest BCUT2D eigenvalue weighted by atomic mass is 32.1. The molecule has 4 aromatic rings. The second-order valence-electron chi connectivity index (χ2n) is 7.22. The van der Waals surface area contributed by atoms with E-state index in [4.69, 9.17) is 16.6 Å². The van der Waals surface area contributed by atoms with Gasteiger partial charge >= 0.3 is 0 Å². The smallest absolute Gasteiger partial charge is 0.198 e. The van der Waals surface area contributed by atoms with Crippen LogP contribution >= 0.6 is 12.2 Å². The molecule has 142 valence electrons. The van der Waals surface area contributed by atoms with Crippen molar-refractivity contribution in [2.75, 3.05) is 0 Å². The number of fused-ring (bicyclic) bond motifs is 3. The summed E-state index contributed by atoms with van der Waals surface area (Å²) >= 11 is 5.47. The molecular formula is C25H23FOS. The molecule has 0 spiro atoms. The van der Waals surface area contributed by atoms with E-state index in [9.17, 15) is 4.39 Å². The summed E-state index contributed by atoms with van der Waals surface area (Å²) in [5.74, 6) is -0.306. The van der Waals surface area contributed by atoms with Gasteiger partial charge in [-0.15, -0.1) is 0 Å². The maximum absolute atomic E-state index is 14.7. The fourth-order valence-electron chi connectivity index (χ4n) is 3.70. The van der Waals surface area contributed by atoms with Gasteiger partial charge in [0.25, 0.3) is 0 Å². The highest BCUT2D eigenvalue weighted by Crippen LogP contribution is 2.33. The first kappa shape index (κ1) is 18.8. The van der Waals surface area contributed by atoms with Crippen molar-refractivity contribution in [3.8, 4) is 11.1 Å². The van der Waals surface area contributed by atoms with Gasteiger partial charge < -0.3 is 4.42 Å². The van der Waals surface area contributed by atoms with Crippen molar-refractivity contribution in [3.05, 3.63) is 76.2 Å². The lowest BCUT2D eigenvalue weighted by molar-refractivity contribution is 0.540. The third-order valence-electron chi connectivity index (χ3n) is 5.39. The minimum atomic E-state index is -0.306. The molecule has 1 nitrogen and oxygen atoms in total. The second-order valence-corrected chi connectivity index (χ2v) is 7.59. The van der Waals surface area contributed by atoms with Crippen LogP contribution in [0.2, 0.25) is 0 Å². The average molecular weight is 391 g/mol. The summed E-state index contributed by atoms with van der Waals surface area (Å²) in [6, 6.07) is 18.6. The first-order valence-electron chi connectivity index (χ1n) is 9.89. The van der Waals surface area contributed by atoms with Crippen LogP contribution in [-0.2, 0) is 12.8 Å². The number of unbranched alkanes of at least 4 members (excludes halogenated alkanes) is 1. The normalized spacial score (nSPS) is 11.4. The van der Waals surface area contributed by atoms with Gasteiger partial charge in [-0.25, -0.2) is 4.39 Å². The van der Waals surface area contributed by atoms with E-state index >= 15 is 0 Å². The number of halogens is 1. The number of rotatable bonds is 5. The molecule has 1 aromatic heterocycles. The Kier molecular flexibility index (Phi) is 5.27. The Hall–Kier alpha value is -2.52. The van der Waals surface area contributed by atoms with Crippen LogP contribution in [0.4, 0.5) is 4.39 Å². The molecule has 0 atom stereocenters. The lowest BCUT2D eigenvalue weighted by Crippen LogP contribution is -1.91. The quantitative estimate of drug-likeness (QED) is 0.253. The number of hydrogen-bond donors (Lipinski definition) is 0. The minimum absolute atomic E-state index is 0.255. The van der Waals surface area contributed by atoms with Crippen molar-refractivity contribution in [2.24, 2.45) is 0 Å². The van der Waals surface area contributed by atoms with Crippen molar-refractivity contribution in [3.63, 3.8) is 0 Å². The summed E-state index contributed by atoms with van der Waals surface area (Å²) in [5.41, 5.74) is 4.48. The highest BCUT2D eigenvalue weighted by Gasteiger charge is 2.13. The van der Waals surface area contributed by atoms with Crippen LogP contribution in [0.25, 0.3) is 32.9 Å². The summed E-state index contributed by atoms with van der Waals surface area (Å²) in [7, 11) is 0. The van der Waals surface area contributed by atoms with E-state index in [2.05, 4.69) is 37.3 Å². The molecule has 0 saturated carbocycles. The van der Waals surface area contributed by atoms with Gasteiger partial charge in [0.05, 0.1) is 0 Å². The highest BCUT2D eigenvalue weighted by molar-refractivity contribution is 7.71. The third-order valence-corrected chi connectivity index (χ3v) is 5.69. The zero-order valence-corrected chi connectivity index (χ0v) is 17.0. The lowest BCUT2D eigenvalue weighted by Gasteiger charge is -2.09. The average Bonchev–Trinajstić information content (AvgIpc) is 2.73. The topological polar surface area (TPSA) is 13.1 Å². The molecular weight excluding hydrogens is 367 g/mol. The van der Waals surface area contributed by atoms with Crippen molar-refractivity contribution in [1.29, 1.82) is 0 Å². The maximum Gasteiger partial charge on any atom is 0.198 e. The summed E-state index contributed by atoms with van der Waals surface area (Å²) in [6.07, 6.45) is 4.14. The molecule has 4 rings (SSSR count). The van der Waals surface area contributed by atoms with Crippen LogP contribution in [0.5, 0.6) is 0 Å². The van der Waals surface area contributed by atoms with Gasteiger partial charge in [0.1, 0.15) is 0 Å². The Morgan fingerprint density at radius 1 is 0.857 bits per heavy atom. The Morgan fingerprint density at radius 2 is 1.57 bits per heavy atom. The molecule has 3 heteroatoms. The molecule has 0 amide bonds. The van der Waals surface area contributed by atoms with Gasteiger partial charge in [-0.1, -0.05) is 68.8 Å². The molecule has 0 bridgehead atoms. The van der Waals surface area contributed by atoms with Gasteiger partial charge in [0.2, 0.25) is 0 Å². The molecule has 0 fully saturated rings. The van der Waals surface area contributed by atoms with Gasteiger partial charge in [-0.2, -0.15) is 0 Å². The molecule has 0 aliphatic carbocycles. The van der Waals surface area contributed by atoms with Crippen molar-refractivity contribution in [1.82, 2.24) is 0 Å². The SMILES string of the molecule is CCCCc1ccc(-c2ccc3c(c2)c(=S)oc2c(F)c(CC)ccc23)cc1. The van der Waals surface area contributed by atoms with Crippen molar-refractivity contribution in [2.45, 2.75) is 39.5 Å². The molecule has 28 heavy (non-hydrogen) atoms. The molecule has 0 saturated heterocycles. The fourth-order valence-corrected chi connectivity index (χ4v) is 3.95. The van der Waals surface area contributed by atoms with Gasteiger partial charge in [0, 0.05) is 10.8 Å². The first-order chi connectivity index (χ1) is 13.6.